The Bertz CT molecular complexity index is 211. The van der Waals surface area contributed by atoms with Gasteiger partial charge < -0.3 is 0 Å². The van der Waals surface area contributed by atoms with Crippen molar-refractivity contribution >= 4 is 0 Å². The number of allylic oxidation sites excluding steroid dienone is 1. The molecule has 1 atom stereocenters. The number of terminal acetylenes is 1. The van der Waals surface area contributed by atoms with Gasteiger partial charge in [0.25, 0.3) is 0 Å². The molecule has 0 saturated carbocycles. The van der Waals surface area contributed by atoms with Crippen molar-refractivity contribution in [1.82, 2.24) is 0 Å². The third kappa shape index (κ3) is 7.58. The molecule has 0 bridgehead atoms. The van der Waals surface area contributed by atoms with Gasteiger partial charge in [0, 0.05) is 0 Å². The van der Waals surface area contributed by atoms with E-state index in [0.29, 0.717) is 0 Å². The van der Waals surface area contributed by atoms with Crippen LogP contribution in [-0.4, -0.2) is 11.7 Å². The molecule has 0 fully saturated rings. The highest BCUT2D eigenvalue weighted by molar-refractivity contribution is 5.10. The molecule has 2 nitrogen and oxygen atoms in total. The van der Waals surface area contributed by atoms with Crippen molar-refractivity contribution in [3.63, 3.8) is 0 Å². The molecule has 0 rings (SSSR count). The summed E-state index contributed by atoms with van der Waals surface area (Å²) in [7, 11) is 0. The molecule has 0 aromatic rings. The summed E-state index contributed by atoms with van der Waals surface area (Å²) in [6.07, 6.45) is 6.69. The average molecular weight is 182 g/mol. The minimum Gasteiger partial charge on any atom is -0.229 e. The van der Waals surface area contributed by atoms with Gasteiger partial charge in [0.1, 0.15) is 0 Å². The van der Waals surface area contributed by atoms with Crippen LogP contribution in [-0.2, 0) is 9.78 Å². The highest BCUT2D eigenvalue weighted by atomic mass is 17.2. The number of rotatable bonds is 3. The van der Waals surface area contributed by atoms with E-state index in [1.807, 2.05) is 40.7 Å². The summed E-state index contributed by atoms with van der Waals surface area (Å²) in [5.74, 6) is 2.48. The molecule has 74 valence electrons. The minimum atomic E-state index is -0.399. The van der Waals surface area contributed by atoms with Gasteiger partial charge in [-0.3, -0.25) is 0 Å². The number of hydrogen-bond acceptors (Lipinski definition) is 2. The zero-order valence-corrected chi connectivity index (χ0v) is 9.05. The third-order valence-corrected chi connectivity index (χ3v) is 1.05. The van der Waals surface area contributed by atoms with Gasteiger partial charge in [-0.2, -0.15) is 0 Å². The fourth-order valence-corrected chi connectivity index (χ4v) is 0.603. The van der Waals surface area contributed by atoms with Crippen molar-refractivity contribution in [1.29, 1.82) is 0 Å². The van der Waals surface area contributed by atoms with Crippen LogP contribution in [0.25, 0.3) is 0 Å². The average Bonchev–Trinajstić information content (AvgIpc) is 1.95. The zero-order valence-electron chi connectivity index (χ0n) is 9.05. The van der Waals surface area contributed by atoms with Crippen LogP contribution in [0.4, 0.5) is 0 Å². The molecule has 13 heavy (non-hydrogen) atoms. The van der Waals surface area contributed by atoms with E-state index in [4.69, 9.17) is 16.2 Å². The van der Waals surface area contributed by atoms with Crippen molar-refractivity contribution < 1.29 is 9.78 Å². The molecular formula is C11H18O2. The molecule has 0 heterocycles. The first-order valence-corrected chi connectivity index (χ1v) is 4.31. The van der Waals surface area contributed by atoms with Gasteiger partial charge in [0.15, 0.2) is 6.10 Å². The second kappa shape index (κ2) is 5.06. The zero-order chi connectivity index (χ0) is 10.5. The summed E-state index contributed by atoms with van der Waals surface area (Å²) in [4.78, 5) is 10.2. The predicted octanol–water partition coefficient (Wildman–Crippen LogP) is 2.70. The normalized spacial score (nSPS) is 13.2. The van der Waals surface area contributed by atoms with Crippen LogP contribution in [0.15, 0.2) is 11.6 Å². The molecule has 1 unspecified atom stereocenters. The molecule has 0 aliphatic heterocycles. The van der Waals surface area contributed by atoms with Gasteiger partial charge in [-0.25, -0.2) is 9.78 Å². The van der Waals surface area contributed by atoms with Gasteiger partial charge in [0.05, 0.1) is 5.60 Å². The lowest BCUT2D eigenvalue weighted by Gasteiger charge is -2.19. The van der Waals surface area contributed by atoms with Crippen molar-refractivity contribution in [2.75, 3.05) is 0 Å². The van der Waals surface area contributed by atoms with Gasteiger partial charge >= 0.3 is 0 Å². The van der Waals surface area contributed by atoms with E-state index in [2.05, 4.69) is 5.92 Å². The maximum Gasteiger partial charge on any atom is 0.171 e. The summed E-state index contributed by atoms with van der Waals surface area (Å²) < 4.78 is 0. The van der Waals surface area contributed by atoms with Crippen LogP contribution < -0.4 is 0 Å². The Morgan fingerprint density at radius 1 is 1.38 bits per heavy atom. The van der Waals surface area contributed by atoms with Gasteiger partial charge in [-0.05, 0) is 40.7 Å². The fraction of sp³-hybridized carbons (Fsp3) is 0.636. The molecule has 0 N–H and O–H groups in total. The predicted molar refractivity (Wildman–Crippen MR) is 54.0 cm³/mol. The topological polar surface area (TPSA) is 18.5 Å². The Morgan fingerprint density at radius 3 is 2.23 bits per heavy atom. The van der Waals surface area contributed by atoms with E-state index in [-0.39, 0.29) is 5.60 Å². The van der Waals surface area contributed by atoms with Gasteiger partial charge in [-0.15, -0.1) is 6.42 Å². The lowest BCUT2D eigenvalue weighted by molar-refractivity contribution is -0.355. The van der Waals surface area contributed by atoms with E-state index in [1.165, 1.54) is 0 Å². The molecule has 0 aromatic heterocycles. The quantitative estimate of drug-likeness (QED) is 0.289. The van der Waals surface area contributed by atoms with Crippen LogP contribution >= 0.6 is 0 Å². The third-order valence-electron chi connectivity index (χ3n) is 1.05. The Kier molecular flexibility index (Phi) is 4.76. The smallest absolute Gasteiger partial charge is 0.171 e. The van der Waals surface area contributed by atoms with Crippen LogP contribution in [0.2, 0.25) is 0 Å². The Balaban J connectivity index is 4.04. The second-order valence-corrected chi connectivity index (χ2v) is 4.12. The van der Waals surface area contributed by atoms with E-state index in [9.17, 15) is 0 Å². The van der Waals surface area contributed by atoms with E-state index < -0.39 is 6.10 Å². The van der Waals surface area contributed by atoms with E-state index in [1.54, 1.807) is 0 Å². The van der Waals surface area contributed by atoms with Crippen LogP contribution in [0.5, 0.6) is 0 Å². The molecule has 0 aliphatic carbocycles. The Hall–Kier alpha value is -0.780. The first-order valence-electron chi connectivity index (χ1n) is 4.31. The van der Waals surface area contributed by atoms with Crippen molar-refractivity contribution in [3.8, 4) is 12.3 Å². The van der Waals surface area contributed by atoms with Gasteiger partial charge in [-0.1, -0.05) is 11.5 Å². The molecular weight excluding hydrogens is 164 g/mol. The molecule has 0 aromatic carbocycles. The molecule has 0 spiro atoms. The van der Waals surface area contributed by atoms with Crippen molar-refractivity contribution in [2.45, 2.75) is 46.3 Å². The summed E-state index contributed by atoms with van der Waals surface area (Å²) in [6.45, 7) is 9.64. The number of hydrogen-bond donors (Lipinski definition) is 0. The standard InChI is InChI=1S/C11H18O2/c1-7-10(8-9(2)3)12-13-11(4,5)6/h1,8,10H,2-6H3. The van der Waals surface area contributed by atoms with Crippen LogP contribution in [0.1, 0.15) is 34.6 Å². The fourth-order valence-electron chi connectivity index (χ4n) is 0.603. The highest BCUT2D eigenvalue weighted by Gasteiger charge is 2.13. The molecule has 0 aliphatic rings. The Labute approximate surface area is 80.9 Å². The maximum absolute atomic E-state index is 5.25. The Morgan fingerprint density at radius 2 is 1.92 bits per heavy atom. The summed E-state index contributed by atoms with van der Waals surface area (Å²) in [5.41, 5.74) is 0.783. The molecule has 0 radical (unpaired) electrons. The maximum atomic E-state index is 5.25. The summed E-state index contributed by atoms with van der Waals surface area (Å²) >= 11 is 0. The van der Waals surface area contributed by atoms with Crippen molar-refractivity contribution in [3.05, 3.63) is 11.6 Å². The van der Waals surface area contributed by atoms with Crippen LogP contribution in [0, 0.1) is 12.3 Å². The monoisotopic (exact) mass is 182 g/mol. The van der Waals surface area contributed by atoms with E-state index >= 15 is 0 Å². The SMILES string of the molecule is C#CC(C=C(C)C)OOC(C)(C)C. The molecule has 0 amide bonds. The minimum absolute atomic E-state index is 0.329. The highest BCUT2D eigenvalue weighted by Crippen LogP contribution is 2.10. The summed E-state index contributed by atoms with van der Waals surface area (Å²) in [6, 6.07) is 0. The largest absolute Gasteiger partial charge is 0.229 e. The first-order chi connectivity index (χ1) is 5.85. The van der Waals surface area contributed by atoms with Crippen molar-refractivity contribution in [2.24, 2.45) is 0 Å². The lowest BCUT2D eigenvalue weighted by Crippen LogP contribution is -2.22. The lowest BCUT2D eigenvalue weighted by atomic mass is 10.2. The first kappa shape index (κ1) is 12.2. The van der Waals surface area contributed by atoms with Crippen LogP contribution in [0.3, 0.4) is 0 Å². The van der Waals surface area contributed by atoms with E-state index in [0.717, 1.165) is 5.57 Å². The molecule has 0 saturated heterocycles. The van der Waals surface area contributed by atoms with Gasteiger partial charge in [0.2, 0.25) is 0 Å². The summed E-state index contributed by atoms with van der Waals surface area (Å²) in [5, 5.41) is 0. The second-order valence-electron chi connectivity index (χ2n) is 4.12. The molecule has 2 heteroatoms.